The molecule has 2 heterocycles. The van der Waals surface area contributed by atoms with Gasteiger partial charge in [-0.15, -0.1) is 0 Å². The Morgan fingerprint density at radius 3 is 2.42 bits per heavy atom. The predicted molar refractivity (Wildman–Crippen MR) is 117 cm³/mol. The summed E-state index contributed by atoms with van der Waals surface area (Å²) in [5.41, 5.74) is 0.771. The van der Waals surface area contributed by atoms with E-state index in [1.165, 1.54) is 55.1 Å². The molecule has 12 heteroatoms. The zero-order valence-corrected chi connectivity index (χ0v) is 18.9. The number of aromatic nitrogens is 1. The monoisotopic (exact) mass is 467 g/mol. The number of rotatable bonds is 7. The molecule has 31 heavy (non-hydrogen) atoms. The average molecular weight is 468 g/mol. The number of amides is 1. The molecule has 1 aromatic heterocycles. The van der Waals surface area contributed by atoms with Gasteiger partial charge in [-0.3, -0.25) is 14.5 Å². The highest BCUT2D eigenvalue weighted by molar-refractivity contribution is 7.92. The molecular formula is C19H25N5O5S2. The van der Waals surface area contributed by atoms with Gasteiger partial charge in [-0.2, -0.15) is 17.0 Å². The first kappa shape index (κ1) is 23.1. The molecule has 2 aromatic rings. The van der Waals surface area contributed by atoms with E-state index in [2.05, 4.69) is 15.0 Å². The minimum Gasteiger partial charge on any atom is -0.326 e. The Labute approximate surface area is 182 Å². The maximum Gasteiger partial charge on any atom is 0.281 e. The number of pyridine rings is 1. The maximum absolute atomic E-state index is 12.6. The lowest BCUT2D eigenvalue weighted by Crippen LogP contribution is -2.47. The van der Waals surface area contributed by atoms with Crippen LogP contribution in [0.2, 0.25) is 0 Å². The van der Waals surface area contributed by atoms with E-state index in [-0.39, 0.29) is 17.3 Å². The summed E-state index contributed by atoms with van der Waals surface area (Å²) in [6.45, 7) is 0.481. The lowest BCUT2D eigenvalue weighted by atomic mass is 9.99. The number of hydrogen-bond acceptors (Lipinski definition) is 6. The van der Waals surface area contributed by atoms with E-state index in [0.29, 0.717) is 30.8 Å². The molecule has 1 aliphatic rings. The summed E-state index contributed by atoms with van der Waals surface area (Å²) in [7, 11) is -4.46. The minimum absolute atomic E-state index is 0.0373. The van der Waals surface area contributed by atoms with Crippen molar-refractivity contribution in [3.8, 4) is 0 Å². The second-order valence-electron chi connectivity index (χ2n) is 7.35. The van der Waals surface area contributed by atoms with Crippen molar-refractivity contribution in [1.29, 1.82) is 0 Å². The summed E-state index contributed by atoms with van der Waals surface area (Å²) in [5, 5.41) is 2.74. The molecule has 1 fully saturated rings. The van der Waals surface area contributed by atoms with Crippen molar-refractivity contribution in [2.45, 2.75) is 17.7 Å². The largest absolute Gasteiger partial charge is 0.326 e. The highest BCUT2D eigenvalue weighted by Crippen LogP contribution is 2.23. The minimum atomic E-state index is -3.79. The Kier molecular flexibility index (Phi) is 6.94. The van der Waals surface area contributed by atoms with Gasteiger partial charge < -0.3 is 5.32 Å². The number of carbonyl (C=O) groups is 1. The Morgan fingerprint density at radius 1 is 1.10 bits per heavy atom. The molecule has 10 nitrogen and oxygen atoms in total. The van der Waals surface area contributed by atoms with Crippen LogP contribution in [0.5, 0.6) is 0 Å². The van der Waals surface area contributed by atoms with Gasteiger partial charge in [0.05, 0.1) is 22.7 Å². The fourth-order valence-electron chi connectivity index (χ4n) is 3.20. The number of anilines is 2. The Morgan fingerprint density at radius 2 is 1.81 bits per heavy atom. The predicted octanol–water partition coefficient (Wildman–Crippen LogP) is 1.34. The summed E-state index contributed by atoms with van der Waals surface area (Å²) >= 11 is 0. The van der Waals surface area contributed by atoms with Crippen molar-refractivity contribution in [2.75, 3.05) is 37.2 Å². The molecule has 3 rings (SSSR count). The van der Waals surface area contributed by atoms with Gasteiger partial charge in [0.2, 0.25) is 5.91 Å². The summed E-state index contributed by atoms with van der Waals surface area (Å²) in [6.07, 6.45) is 4.10. The van der Waals surface area contributed by atoms with Gasteiger partial charge in [0.15, 0.2) is 0 Å². The van der Waals surface area contributed by atoms with Crippen LogP contribution in [0.3, 0.4) is 0 Å². The lowest BCUT2D eigenvalue weighted by Gasteiger charge is -2.32. The zero-order valence-electron chi connectivity index (χ0n) is 17.2. The van der Waals surface area contributed by atoms with Crippen molar-refractivity contribution >= 4 is 37.5 Å². The van der Waals surface area contributed by atoms with E-state index in [4.69, 9.17) is 0 Å². The third kappa shape index (κ3) is 5.58. The Bertz CT molecular complexity index is 1120. The van der Waals surface area contributed by atoms with Gasteiger partial charge in [0.25, 0.3) is 20.2 Å². The molecule has 0 bridgehead atoms. The molecule has 1 saturated heterocycles. The van der Waals surface area contributed by atoms with Gasteiger partial charge in [0.1, 0.15) is 0 Å². The van der Waals surface area contributed by atoms with Crippen LogP contribution in [0.4, 0.5) is 11.4 Å². The van der Waals surface area contributed by atoms with E-state index in [0.717, 1.165) is 4.31 Å². The number of hydrogen-bond donors (Lipinski definition) is 2. The van der Waals surface area contributed by atoms with Crippen molar-refractivity contribution in [1.82, 2.24) is 13.6 Å². The van der Waals surface area contributed by atoms with Gasteiger partial charge >= 0.3 is 0 Å². The highest BCUT2D eigenvalue weighted by Gasteiger charge is 2.33. The van der Waals surface area contributed by atoms with Crippen LogP contribution in [0.15, 0.2) is 53.7 Å². The standard InChI is InChI=1S/C19H25N5O5S2/c1-23(2)31(28,29)24-12-4-5-15(14-24)19(25)21-16-7-9-18(10-8-16)30(26,27)22-17-6-3-11-20-13-17/h3,6-11,13,15,22H,4-5,12,14H2,1-2H3,(H,21,25). The van der Waals surface area contributed by atoms with Crippen LogP contribution in [0.1, 0.15) is 12.8 Å². The normalized spacial score (nSPS) is 18.0. The molecule has 1 aliphatic heterocycles. The van der Waals surface area contributed by atoms with Crippen molar-refractivity contribution in [2.24, 2.45) is 5.92 Å². The van der Waals surface area contributed by atoms with Crippen LogP contribution in [0.25, 0.3) is 0 Å². The van der Waals surface area contributed by atoms with E-state index in [1.54, 1.807) is 12.1 Å². The van der Waals surface area contributed by atoms with E-state index >= 15 is 0 Å². The molecule has 1 unspecified atom stereocenters. The lowest BCUT2D eigenvalue weighted by molar-refractivity contribution is -0.120. The van der Waals surface area contributed by atoms with E-state index in [9.17, 15) is 21.6 Å². The van der Waals surface area contributed by atoms with E-state index < -0.39 is 26.2 Å². The number of nitrogens with one attached hydrogen (secondary N) is 2. The van der Waals surface area contributed by atoms with Gasteiger partial charge in [-0.1, -0.05) is 0 Å². The molecule has 0 spiro atoms. The molecule has 0 radical (unpaired) electrons. The first-order chi connectivity index (χ1) is 14.6. The molecule has 2 N–H and O–H groups in total. The van der Waals surface area contributed by atoms with Crippen molar-refractivity contribution < 1.29 is 21.6 Å². The van der Waals surface area contributed by atoms with Crippen LogP contribution in [-0.4, -0.2) is 63.5 Å². The highest BCUT2D eigenvalue weighted by atomic mass is 32.2. The van der Waals surface area contributed by atoms with Crippen LogP contribution in [0, 0.1) is 5.92 Å². The molecule has 1 aromatic carbocycles. The van der Waals surface area contributed by atoms with E-state index in [1.807, 2.05) is 0 Å². The first-order valence-corrected chi connectivity index (χ1v) is 12.5. The molecule has 0 aliphatic carbocycles. The maximum atomic E-state index is 12.6. The summed E-state index contributed by atoms with van der Waals surface area (Å²) in [4.78, 5) is 16.6. The fourth-order valence-corrected chi connectivity index (χ4v) is 5.43. The number of benzene rings is 1. The first-order valence-electron chi connectivity index (χ1n) is 9.61. The molecular weight excluding hydrogens is 442 g/mol. The van der Waals surface area contributed by atoms with Crippen molar-refractivity contribution in [3.63, 3.8) is 0 Å². The number of sulfonamides is 1. The topological polar surface area (TPSA) is 129 Å². The molecule has 1 amide bonds. The van der Waals surface area contributed by atoms with Crippen LogP contribution < -0.4 is 10.0 Å². The van der Waals surface area contributed by atoms with Gasteiger partial charge in [0, 0.05) is 39.1 Å². The molecule has 0 saturated carbocycles. The quantitative estimate of drug-likeness (QED) is 0.632. The number of nitrogens with zero attached hydrogens (tertiary/aromatic N) is 3. The average Bonchev–Trinajstić information content (AvgIpc) is 2.74. The second kappa shape index (κ2) is 9.30. The summed E-state index contributed by atoms with van der Waals surface area (Å²) in [6, 6.07) is 8.96. The fraction of sp³-hybridized carbons (Fsp3) is 0.368. The SMILES string of the molecule is CN(C)S(=O)(=O)N1CCCC(C(=O)Nc2ccc(S(=O)(=O)Nc3cccnc3)cc2)C1. The number of piperidine rings is 1. The smallest absolute Gasteiger partial charge is 0.281 e. The third-order valence-electron chi connectivity index (χ3n) is 4.89. The summed E-state index contributed by atoms with van der Waals surface area (Å²) in [5.74, 6) is -0.790. The van der Waals surface area contributed by atoms with Gasteiger partial charge in [-0.25, -0.2) is 8.42 Å². The zero-order chi connectivity index (χ0) is 22.6. The third-order valence-corrected chi connectivity index (χ3v) is 8.19. The van der Waals surface area contributed by atoms with Gasteiger partial charge in [-0.05, 0) is 49.2 Å². The van der Waals surface area contributed by atoms with Crippen molar-refractivity contribution in [3.05, 3.63) is 48.8 Å². The van der Waals surface area contributed by atoms with Crippen LogP contribution >= 0.6 is 0 Å². The second-order valence-corrected chi connectivity index (χ2v) is 11.2. The molecule has 168 valence electrons. The Hall–Kier alpha value is -2.54. The van der Waals surface area contributed by atoms with Crippen LogP contribution in [-0.2, 0) is 25.0 Å². The summed E-state index contributed by atoms with van der Waals surface area (Å²) < 4.78 is 54.5. The molecule has 1 atom stereocenters. The Balaban J connectivity index is 1.65. The number of carbonyl (C=O) groups excluding carboxylic acids is 1.